The van der Waals surface area contributed by atoms with Crippen LogP contribution in [0.2, 0.25) is 0 Å². The van der Waals surface area contributed by atoms with E-state index in [0.717, 1.165) is 5.56 Å². The van der Waals surface area contributed by atoms with Gasteiger partial charge in [-0.3, -0.25) is 4.79 Å². The van der Waals surface area contributed by atoms with Gasteiger partial charge >= 0.3 is 0 Å². The van der Waals surface area contributed by atoms with Crippen LogP contribution in [0.3, 0.4) is 0 Å². The maximum Gasteiger partial charge on any atom is 0.257 e. The normalized spacial score (nSPS) is 9.76. The number of ether oxygens (including phenoxy) is 1. The number of nitrogens with two attached hydrogens (primary N) is 1. The van der Waals surface area contributed by atoms with Gasteiger partial charge in [-0.1, -0.05) is 17.7 Å². The highest BCUT2D eigenvalue weighted by Gasteiger charge is 2.15. The fraction of sp³-hybridized carbons (Fsp3) is 0.125. The van der Waals surface area contributed by atoms with Crippen molar-refractivity contribution in [1.82, 2.24) is 0 Å². The van der Waals surface area contributed by atoms with Crippen molar-refractivity contribution in [3.63, 3.8) is 0 Å². The molecule has 2 rings (SSSR count). The molecular weight excluding hydrogens is 266 g/mol. The zero-order chi connectivity index (χ0) is 15.4. The number of rotatable bonds is 3. The SMILES string of the molecule is COc1cccc(C#N)c1NC(=O)c1cc(C)ccc1N. The second-order valence-corrected chi connectivity index (χ2v) is 4.54. The Kier molecular flexibility index (Phi) is 4.10. The third-order valence-corrected chi connectivity index (χ3v) is 3.06. The molecule has 0 spiro atoms. The summed E-state index contributed by atoms with van der Waals surface area (Å²) in [5.74, 6) is 0.0471. The van der Waals surface area contributed by atoms with E-state index in [9.17, 15) is 4.79 Å². The van der Waals surface area contributed by atoms with E-state index in [1.165, 1.54) is 7.11 Å². The average molecular weight is 281 g/mol. The van der Waals surface area contributed by atoms with E-state index in [4.69, 9.17) is 15.7 Å². The first-order valence-corrected chi connectivity index (χ1v) is 6.31. The van der Waals surface area contributed by atoms with Crippen LogP contribution in [0.15, 0.2) is 36.4 Å². The molecule has 2 aromatic carbocycles. The van der Waals surface area contributed by atoms with Crippen LogP contribution in [0, 0.1) is 18.3 Å². The number of nitrogens with one attached hydrogen (secondary N) is 1. The molecule has 0 radical (unpaired) electrons. The maximum atomic E-state index is 12.4. The Hall–Kier alpha value is -3.00. The van der Waals surface area contributed by atoms with Gasteiger partial charge in [0.1, 0.15) is 17.5 Å². The van der Waals surface area contributed by atoms with Gasteiger partial charge in [0, 0.05) is 5.69 Å². The molecule has 0 fully saturated rings. The number of aryl methyl sites for hydroxylation is 1. The number of nitriles is 1. The number of carbonyl (C=O) groups excluding carboxylic acids is 1. The second kappa shape index (κ2) is 5.97. The predicted molar refractivity (Wildman–Crippen MR) is 81.3 cm³/mol. The van der Waals surface area contributed by atoms with Gasteiger partial charge in [-0.2, -0.15) is 5.26 Å². The largest absolute Gasteiger partial charge is 0.495 e. The first-order valence-electron chi connectivity index (χ1n) is 6.31. The lowest BCUT2D eigenvalue weighted by Gasteiger charge is -2.13. The van der Waals surface area contributed by atoms with Crippen LogP contribution in [0.4, 0.5) is 11.4 Å². The van der Waals surface area contributed by atoms with Crippen molar-refractivity contribution in [2.75, 3.05) is 18.2 Å². The van der Waals surface area contributed by atoms with Crippen LogP contribution in [0.1, 0.15) is 21.5 Å². The van der Waals surface area contributed by atoms with Crippen molar-refractivity contribution >= 4 is 17.3 Å². The Labute approximate surface area is 123 Å². The van der Waals surface area contributed by atoms with Gasteiger partial charge in [0.25, 0.3) is 5.91 Å². The second-order valence-electron chi connectivity index (χ2n) is 4.54. The fourth-order valence-electron chi connectivity index (χ4n) is 1.97. The third-order valence-electron chi connectivity index (χ3n) is 3.06. The summed E-state index contributed by atoms with van der Waals surface area (Å²) in [6, 6.07) is 12.2. The zero-order valence-corrected chi connectivity index (χ0v) is 11.8. The minimum absolute atomic E-state index is 0.328. The van der Waals surface area contributed by atoms with Crippen LogP contribution in [-0.4, -0.2) is 13.0 Å². The quantitative estimate of drug-likeness (QED) is 0.847. The zero-order valence-electron chi connectivity index (χ0n) is 11.8. The van der Waals surface area contributed by atoms with Crippen LogP contribution < -0.4 is 15.8 Å². The van der Waals surface area contributed by atoms with Crippen LogP contribution in [0.5, 0.6) is 5.75 Å². The average Bonchev–Trinajstić information content (AvgIpc) is 2.49. The lowest BCUT2D eigenvalue weighted by molar-refractivity contribution is 0.102. The molecule has 5 heteroatoms. The molecular formula is C16H15N3O2. The number of methoxy groups -OCH3 is 1. The Morgan fingerprint density at radius 1 is 1.33 bits per heavy atom. The molecule has 0 aliphatic heterocycles. The number of carbonyl (C=O) groups is 1. The molecule has 0 atom stereocenters. The van der Waals surface area contributed by atoms with E-state index >= 15 is 0 Å². The van der Waals surface area contributed by atoms with Crippen molar-refractivity contribution in [3.05, 3.63) is 53.1 Å². The van der Waals surface area contributed by atoms with Crippen molar-refractivity contribution in [2.24, 2.45) is 0 Å². The first-order chi connectivity index (χ1) is 10.1. The smallest absolute Gasteiger partial charge is 0.257 e. The lowest BCUT2D eigenvalue weighted by Crippen LogP contribution is -2.15. The van der Waals surface area contributed by atoms with E-state index in [1.54, 1.807) is 30.3 Å². The summed E-state index contributed by atoms with van der Waals surface area (Å²) >= 11 is 0. The molecule has 0 heterocycles. The van der Waals surface area contributed by atoms with Gasteiger partial charge < -0.3 is 15.8 Å². The van der Waals surface area contributed by atoms with Crippen LogP contribution in [0.25, 0.3) is 0 Å². The van der Waals surface area contributed by atoms with Gasteiger partial charge in [0.05, 0.1) is 18.2 Å². The molecule has 0 bridgehead atoms. The summed E-state index contributed by atoms with van der Waals surface area (Å²) in [5, 5.41) is 11.8. The van der Waals surface area contributed by atoms with Crippen molar-refractivity contribution in [1.29, 1.82) is 5.26 Å². The molecule has 3 N–H and O–H groups in total. The van der Waals surface area contributed by atoms with E-state index in [2.05, 4.69) is 5.32 Å². The fourth-order valence-corrected chi connectivity index (χ4v) is 1.97. The van der Waals surface area contributed by atoms with Gasteiger partial charge in [-0.25, -0.2) is 0 Å². The van der Waals surface area contributed by atoms with E-state index in [1.807, 2.05) is 19.1 Å². The summed E-state index contributed by atoms with van der Waals surface area (Å²) in [6.45, 7) is 1.88. The summed E-state index contributed by atoms with van der Waals surface area (Å²) in [5.41, 5.74) is 8.17. The highest BCUT2D eigenvalue weighted by Crippen LogP contribution is 2.28. The highest BCUT2D eigenvalue weighted by molar-refractivity contribution is 6.09. The van der Waals surface area contributed by atoms with E-state index < -0.39 is 0 Å². The lowest BCUT2D eigenvalue weighted by atomic mass is 10.1. The summed E-state index contributed by atoms with van der Waals surface area (Å²) < 4.78 is 5.18. The Balaban J connectivity index is 2.41. The molecule has 106 valence electrons. The molecule has 0 aliphatic carbocycles. The monoisotopic (exact) mass is 281 g/mol. The third kappa shape index (κ3) is 2.95. The molecule has 0 aliphatic rings. The number of nitrogen functional groups attached to an aromatic ring is 1. The number of anilines is 2. The van der Waals surface area contributed by atoms with Gasteiger partial charge in [-0.15, -0.1) is 0 Å². The summed E-state index contributed by atoms with van der Waals surface area (Å²) in [7, 11) is 1.48. The first kappa shape index (κ1) is 14.4. The molecule has 0 unspecified atom stereocenters. The molecule has 0 aromatic heterocycles. The molecule has 5 nitrogen and oxygen atoms in total. The highest BCUT2D eigenvalue weighted by atomic mass is 16.5. The summed E-state index contributed by atoms with van der Waals surface area (Å²) in [4.78, 5) is 12.4. The predicted octanol–water partition coefficient (Wildman–Crippen LogP) is 2.71. The van der Waals surface area contributed by atoms with Crippen molar-refractivity contribution < 1.29 is 9.53 Å². The Morgan fingerprint density at radius 3 is 2.76 bits per heavy atom. The molecule has 0 saturated heterocycles. The molecule has 0 saturated carbocycles. The van der Waals surface area contributed by atoms with Gasteiger partial charge in [0.2, 0.25) is 0 Å². The number of nitrogens with zero attached hydrogens (tertiary/aromatic N) is 1. The number of amides is 1. The van der Waals surface area contributed by atoms with Crippen molar-refractivity contribution in [2.45, 2.75) is 6.92 Å². The molecule has 1 amide bonds. The van der Waals surface area contributed by atoms with Crippen LogP contribution in [-0.2, 0) is 0 Å². The summed E-state index contributed by atoms with van der Waals surface area (Å²) in [6.07, 6.45) is 0. The minimum Gasteiger partial charge on any atom is -0.495 e. The standard InChI is InChI=1S/C16H15N3O2/c1-10-6-7-13(18)12(8-10)16(20)19-15-11(9-17)4-3-5-14(15)21-2/h3-8H,18H2,1-2H3,(H,19,20). The number of hydrogen-bond acceptors (Lipinski definition) is 4. The number of hydrogen-bond donors (Lipinski definition) is 2. The molecule has 21 heavy (non-hydrogen) atoms. The van der Waals surface area contributed by atoms with Gasteiger partial charge in [0.15, 0.2) is 0 Å². The number of benzene rings is 2. The Morgan fingerprint density at radius 2 is 2.10 bits per heavy atom. The number of para-hydroxylation sites is 1. The topological polar surface area (TPSA) is 88.1 Å². The Bertz CT molecular complexity index is 733. The van der Waals surface area contributed by atoms with Crippen molar-refractivity contribution in [3.8, 4) is 11.8 Å². The van der Waals surface area contributed by atoms with Crippen LogP contribution >= 0.6 is 0 Å². The molecule has 2 aromatic rings. The minimum atomic E-state index is -0.378. The van der Waals surface area contributed by atoms with E-state index in [0.29, 0.717) is 28.3 Å². The van der Waals surface area contributed by atoms with E-state index in [-0.39, 0.29) is 5.91 Å². The van der Waals surface area contributed by atoms with Gasteiger partial charge in [-0.05, 0) is 31.2 Å². The maximum absolute atomic E-state index is 12.4.